The number of rotatable bonds is 4. The third kappa shape index (κ3) is 2.61. The molecule has 5 heteroatoms. The van der Waals surface area contributed by atoms with Gasteiger partial charge in [-0.15, -0.1) is 0 Å². The Morgan fingerprint density at radius 2 is 2.35 bits per heavy atom. The quantitative estimate of drug-likeness (QED) is 0.845. The number of nitrogens with zero attached hydrogens (tertiary/aromatic N) is 2. The summed E-state index contributed by atoms with van der Waals surface area (Å²) >= 11 is 0. The fraction of sp³-hybridized carbons (Fsp3) is 0.417. The van der Waals surface area contributed by atoms with E-state index < -0.39 is 5.97 Å². The molecule has 17 heavy (non-hydrogen) atoms. The SMILES string of the molecule is Cc1ccnc2nc(CC(C)CC(=O)O)[nH]c12. The number of nitrogens with one attached hydrogen (secondary N) is 1. The van der Waals surface area contributed by atoms with E-state index in [1.165, 1.54) is 0 Å². The first-order chi connectivity index (χ1) is 8.06. The number of H-pyrrole nitrogens is 1. The number of hydrogen-bond donors (Lipinski definition) is 2. The zero-order chi connectivity index (χ0) is 12.4. The minimum Gasteiger partial charge on any atom is -0.481 e. The molecule has 0 amide bonds. The van der Waals surface area contributed by atoms with E-state index in [1.807, 2.05) is 19.9 Å². The number of aryl methyl sites for hydroxylation is 1. The van der Waals surface area contributed by atoms with Crippen LogP contribution in [0.4, 0.5) is 0 Å². The van der Waals surface area contributed by atoms with Crippen molar-refractivity contribution in [3.8, 4) is 0 Å². The standard InChI is InChI=1S/C12H15N3O2/c1-7(6-10(16)17)5-9-14-11-8(2)3-4-13-12(11)15-9/h3-4,7H,5-6H2,1-2H3,(H,16,17)(H,13,14,15). The van der Waals surface area contributed by atoms with Crippen molar-refractivity contribution in [3.05, 3.63) is 23.7 Å². The van der Waals surface area contributed by atoms with Crippen molar-refractivity contribution in [2.45, 2.75) is 26.7 Å². The highest BCUT2D eigenvalue weighted by Gasteiger charge is 2.12. The first-order valence-electron chi connectivity index (χ1n) is 5.58. The van der Waals surface area contributed by atoms with Crippen LogP contribution in [-0.4, -0.2) is 26.0 Å². The Bertz CT molecular complexity index is 548. The second kappa shape index (κ2) is 4.53. The number of imidazole rings is 1. The molecular formula is C12H15N3O2. The highest BCUT2D eigenvalue weighted by atomic mass is 16.4. The maximum atomic E-state index is 10.6. The zero-order valence-electron chi connectivity index (χ0n) is 9.90. The molecule has 0 spiro atoms. The molecule has 0 aliphatic carbocycles. The molecule has 2 aromatic heterocycles. The van der Waals surface area contributed by atoms with Gasteiger partial charge in [-0.3, -0.25) is 4.79 Å². The minimum atomic E-state index is -0.775. The molecule has 1 unspecified atom stereocenters. The third-order valence-electron chi connectivity index (χ3n) is 2.71. The van der Waals surface area contributed by atoms with Crippen LogP contribution >= 0.6 is 0 Å². The van der Waals surface area contributed by atoms with Crippen LogP contribution in [0.5, 0.6) is 0 Å². The highest BCUT2D eigenvalue weighted by molar-refractivity contribution is 5.74. The van der Waals surface area contributed by atoms with Crippen molar-refractivity contribution in [3.63, 3.8) is 0 Å². The summed E-state index contributed by atoms with van der Waals surface area (Å²) < 4.78 is 0. The van der Waals surface area contributed by atoms with Crippen LogP contribution in [0.3, 0.4) is 0 Å². The lowest BCUT2D eigenvalue weighted by molar-refractivity contribution is -0.137. The molecule has 2 N–H and O–H groups in total. The van der Waals surface area contributed by atoms with Gasteiger partial charge in [0, 0.05) is 19.0 Å². The lowest BCUT2D eigenvalue weighted by Gasteiger charge is -2.04. The highest BCUT2D eigenvalue weighted by Crippen LogP contribution is 2.16. The van der Waals surface area contributed by atoms with Gasteiger partial charge in [0.1, 0.15) is 5.82 Å². The molecule has 0 radical (unpaired) electrons. The van der Waals surface area contributed by atoms with Crippen molar-refractivity contribution in [2.24, 2.45) is 5.92 Å². The summed E-state index contributed by atoms with van der Waals surface area (Å²) in [4.78, 5) is 22.3. The largest absolute Gasteiger partial charge is 0.481 e. The average Bonchev–Trinajstić information content (AvgIpc) is 2.60. The van der Waals surface area contributed by atoms with Crippen LogP contribution < -0.4 is 0 Å². The maximum Gasteiger partial charge on any atom is 0.303 e. The number of aromatic amines is 1. The van der Waals surface area contributed by atoms with Crippen molar-refractivity contribution in [1.82, 2.24) is 15.0 Å². The average molecular weight is 233 g/mol. The number of fused-ring (bicyclic) bond motifs is 1. The third-order valence-corrected chi connectivity index (χ3v) is 2.71. The van der Waals surface area contributed by atoms with Gasteiger partial charge in [-0.1, -0.05) is 6.92 Å². The smallest absolute Gasteiger partial charge is 0.303 e. The maximum absolute atomic E-state index is 10.6. The Hall–Kier alpha value is -1.91. The van der Waals surface area contributed by atoms with Gasteiger partial charge in [-0.05, 0) is 24.5 Å². The van der Waals surface area contributed by atoms with Gasteiger partial charge in [0.2, 0.25) is 0 Å². The summed E-state index contributed by atoms with van der Waals surface area (Å²) in [5.74, 6) is 0.0897. The molecule has 0 saturated carbocycles. The minimum absolute atomic E-state index is 0.0633. The van der Waals surface area contributed by atoms with E-state index in [1.54, 1.807) is 6.20 Å². The van der Waals surface area contributed by atoms with Gasteiger partial charge in [0.25, 0.3) is 0 Å². The van der Waals surface area contributed by atoms with Crippen LogP contribution in [-0.2, 0) is 11.2 Å². The van der Waals surface area contributed by atoms with E-state index in [2.05, 4.69) is 15.0 Å². The number of aliphatic carboxylic acids is 1. The number of aromatic nitrogens is 3. The summed E-state index contributed by atoms with van der Waals surface area (Å²) in [6.45, 7) is 3.90. The van der Waals surface area contributed by atoms with E-state index in [0.29, 0.717) is 12.1 Å². The van der Waals surface area contributed by atoms with Crippen LogP contribution in [0, 0.1) is 12.8 Å². The first kappa shape index (κ1) is 11.6. The van der Waals surface area contributed by atoms with E-state index in [-0.39, 0.29) is 12.3 Å². The Labute approximate surface area is 98.9 Å². The lowest BCUT2D eigenvalue weighted by atomic mass is 10.0. The molecule has 0 aliphatic heterocycles. The molecule has 5 nitrogen and oxygen atoms in total. The topological polar surface area (TPSA) is 78.9 Å². The molecule has 2 rings (SSSR count). The van der Waals surface area contributed by atoms with Crippen molar-refractivity contribution in [1.29, 1.82) is 0 Å². The lowest BCUT2D eigenvalue weighted by Crippen LogP contribution is -2.07. The predicted molar refractivity (Wildman–Crippen MR) is 63.7 cm³/mol. The Balaban J connectivity index is 2.20. The second-order valence-corrected chi connectivity index (χ2v) is 4.42. The number of hydrogen-bond acceptors (Lipinski definition) is 3. The monoisotopic (exact) mass is 233 g/mol. The van der Waals surface area contributed by atoms with E-state index in [4.69, 9.17) is 5.11 Å². The van der Waals surface area contributed by atoms with Crippen molar-refractivity contribution in [2.75, 3.05) is 0 Å². The predicted octanol–water partition coefficient (Wildman–Crippen LogP) is 1.92. The molecule has 0 bridgehead atoms. The zero-order valence-corrected chi connectivity index (χ0v) is 9.90. The van der Waals surface area contributed by atoms with Crippen LogP contribution in [0.15, 0.2) is 12.3 Å². The van der Waals surface area contributed by atoms with Gasteiger partial charge >= 0.3 is 5.97 Å². The molecule has 0 fully saturated rings. The fourth-order valence-electron chi connectivity index (χ4n) is 1.88. The molecular weight excluding hydrogens is 218 g/mol. The van der Waals surface area contributed by atoms with Gasteiger partial charge in [-0.25, -0.2) is 9.97 Å². The molecule has 2 heterocycles. The van der Waals surface area contributed by atoms with E-state index >= 15 is 0 Å². The van der Waals surface area contributed by atoms with Crippen LogP contribution in [0.25, 0.3) is 11.2 Å². The normalized spacial score (nSPS) is 12.8. The summed E-state index contributed by atoms with van der Waals surface area (Å²) in [5.41, 5.74) is 2.73. The number of pyridine rings is 1. The molecule has 0 aliphatic rings. The van der Waals surface area contributed by atoms with Crippen molar-refractivity contribution < 1.29 is 9.90 Å². The molecule has 1 atom stereocenters. The molecule has 2 aromatic rings. The Morgan fingerprint density at radius 1 is 1.59 bits per heavy atom. The number of carbonyl (C=O) groups is 1. The molecule has 90 valence electrons. The van der Waals surface area contributed by atoms with Crippen molar-refractivity contribution >= 4 is 17.1 Å². The Morgan fingerprint density at radius 3 is 3.00 bits per heavy atom. The summed E-state index contributed by atoms with van der Waals surface area (Å²) in [5, 5.41) is 8.70. The van der Waals surface area contributed by atoms with E-state index in [9.17, 15) is 4.79 Å². The summed E-state index contributed by atoms with van der Waals surface area (Å²) in [7, 11) is 0. The summed E-state index contributed by atoms with van der Waals surface area (Å²) in [6.07, 6.45) is 2.51. The van der Waals surface area contributed by atoms with Gasteiger partial charge < -0.3 is 10.1 Å². The van der Waals surface area contributed by atoms with Gasteiger partial charge in [0.05, 0.1) is 5.52 Å². The molecule has 0 aromatic carbocycles. The number of carboxylic acids is 1. The first-order valence-corrected chi connectivity index (χ1v) is 5.58. The second-order valence-electron chi connectivity index (χ2n) is 4.42. The van der Waals surface area contributed by atoms with Crippen LogP contribution in [0.1, 0.15) is 24.7 Å². The van der Waals surface area contributed by atoms with Gasteiger partial charge in [0.15, 0.2) is 5.65 Å². The van der Waals surface area contributed by atoms with Gasteiger partial charge in [-0.2, -0.15) is 0 Å². The molecule has 0 saturated heterocycles. The number of carboxylic acid groups (broad SMARTS) is 1. The Kier molecular flexibility index (Phi) is 3.08. The summed E-state index contributed by atoms with van der Waals surface area (Å²) in [6, 6.07) is 1.92. The van der Waals surface area contributed by atoms with Crippen LogP contribution in [0.2, 0.25) is 0 Å². The fourth-order valence-corrected chi connectivity index (χ4v) is 1.88. The van der Waals surface area contributed by atoms with E-state index in [0.717, 1.165) is 16.9 Å².